The Morgan fingerprint density at radius 2 is 1.77 bits per heavy atom. The molecule has 2 aliphatic rings. The standard InChI is InChI=1S/C28H22F3N3O/c29-28(30,31)18-6-3-5-16(12-18)23-10-11-24(35-23)26-21-13-15-4-1-2-7-19(15)25(21)20-14-17(27(32)33)8-9-22(20)34-26/h1-12,14,21,25-26,34H,13H2,(H3,32,33). The van der Waals surface area contributed by atoms with E-state index in [2.05, 4.69) is 17.4 Å². The highest BCUT2D eigenvalue weighted by Crippen LogP contribution is 2.54. The lowest BCUT2D eigenvalue weighted by Gasteiger charge is -2.37. The summed E-state index contributed by atoms with van der Waals surface area (Å²) in [5.41, 5.74) is 10.7. The minimum absolute atomic E-state index is 0.0227. The van der Waals surface area contributed by atoms with Gasteiger partial charge in [0.05, 0.1) is 11.6 Å². The number of alkyl halides is 3. The molecule has 1 aliphatic heterocycles. The second kappa shape index (κ2) is 7.77. The number of nitrogens with one attached hydrogen (secondary N) is 2. The van der Waals surface area contributed by atoms with Gasteiger partial charge in [0.25, 0.3) is 0 Å². The van der Waals surface area contributed by atoms with Crippen molar-refractivity contribution in [1.29, 1.82) is 5.41 Å². The van der Waals surface area contributed by atoms with Gasteiger partial charge < -0.3 is 15.5 Å². The monoisotopic (exact) mass is 473 g/mol. The van der Waals surface area contributed by atoms with Crippen LogP contribution in [0.2, 0.25) is 0 Å². The van der Waals surface area contributed by atoms with Gasteiger partial charge >= 0.3 is 6.18 Å². The molecule has 3 unspecified atom stereocenters. The van der Waals surface area contributed by atoms with Gasteiger partial charge in [0.15, 0.2) is 0 Å². The highest BCUT2D eigenvalue weighted by Gasteiger charge is 2.44. The number of anilines is 1. The SMILES string of the molecule is N=C(N)c1ccc2c(c1)C1c3ccccc3CC1C(c1ccc(-c3cccc(C(F)(F)F)c3)o1)N2. The molecule has 0 saturated carbocycles. The molecule has 4 nitrogen and oxygen atoms in total. The van der Waals surface area contributed by atoms with Crippen LogP contribution < -0.4 is 11.1 Å². The van der Waals surface area contributed by atoms with Crippen LogP contribution >= 0.6 is 0 Å². The maximum Gasteiger partial charge on any atom is 0.416 e. The van der Waals surface area contributed by atoms with Gasteiger partial charge in [0.2, 0.25) is 0 Å². The lowest BCUT2D eigenvalue weighted by atomic mass is 9.76. The van der Waals surface area contributed by atoms with Gasteiger partial charge in [-0.1, -0.05) is 36.4 Å². The Bertz CT molecular complexity index is 1460. The quantitative estimate of drug-likeness (QED) is 0.228. The summed E-state index contributed by atoms with van der Waals surface area (Å²) in [7, 11) is 0. The van der Waals surface area contributed by atoms with Crippen LogP contribution in [-0.4, -0.2) is 5.84 Å². The number of nitrogen functional groups attached to an aromatic ring is 1. The van der Waals surface area contributed by atoms with E-state index in [4.69, 9.17) is 15.6 Å². The summed E-state index contributed by atoms with van der Waals surface area (Å²) in [5, 5.41) is 11.5. The summed E-state index contributed by atoms with van der Waals surface area (Å²) >= 11 is 0. The largest absolute Gasteiger partial charge is 0.459 e. The minimum Gasteiger partial charge on any atom is -0.459 e. The maximum atomic E-state index is 13.2. The minimum atomic E-state index is -4.42. The van der Waals surface area contributed by atoms with Gasteiger partial charge in [0, 0.05) is 28.7 Å². The van der Waals surface area contributed by atoms with Crippen LogP contribution in [-0.2, 0) is 12.6 Å². The van der Waals surface area contributed by atoms with Crippen molar-refractivity contribution < 1.29 is 17.6 Å². The van der Waals surface area contributed by atoms with Crippen molar-refractivity contribution in [1.82, 2.24) is 0 Å². The maximum absolute atomic E-state index is 13.2. The zero-order valence-corrected chi connectivity index (χ0v) is 18.6. The molecule has 1 aromatic heterocycles. The summed E-state index contributed by atoms with van der Waals surface area (Å²) < 4.78 is 45.8. The summed E-state index contributed by atoms with van der Waals surface area (Å²) in [6, 6.07) is 22.7. The zero-order chi connectivity index (χ0) is 24.3. The fourth-order valence-corrected chi connectivity index (χ4v) is 5.53. The molecule has 6 rings (SSSR count). The molecule has 0 saturated heterocycles. The Labute approximate surface area is 200 Å². The van der Waals surface area contributed by atoms with Crippen molar-refractivity contribution in [3.8, 4) is 11.3 Å². The molecule has 4 N–H and O–H groups in total. The lowest BCUT2D eigenvalue weighted by Crippen LogP contribution is -2.30. The molecule has 0 amide bonds. The molecule has 3 aromatic carbocycles. The first kappa shape index (κ1) is 21.5. The molecule has 4 aromatic rings. The lowest BCUT2D eigenvalue weighted by molar-refractivity contribution is -0.137. The number of rotatable bonds is 3. The van der Waals surface area contributed by atoms with Gasteiger partial charge in [0.1, 0.15) is 17.4 Å². The number of hydrogen-bond donors (Lipinski definition) is 3. The molecule has 0 fully saturated rings. The Balaban J connectivity index is 1.41. The predicted molar refractivity (Wildman–Crippen MR) is 128 cm³/mol. The van der Waals surface area contributed by atoms with Gasteiger partial charge in [-0.2, -0.15) is 13.2 Å². The summed E-state index contributed by atoms with van der Waals surface area (Å²) in [6.45, 7) is 0. The Kier molecular flexibility index (Phi) is 4.78. The number of hydrogen-bond acceptors (Lipinski definition) is 3. The van der Waals surface area contributed by atoms with Crippen molar-refractivity contribution >= 4 is 11.5 Å². The van der Waals surface area contributed by atoms with Crippen LogP contribution in [0.5, 0.6) is 0 Å². The van der Waals surface area contributed by atoms with Crippen molar-refractivity contribution in [2.45, 2.75) is 24.6 Å². The number of halogens is 3. The summed E-state index contributed by atoms with van der Waals surface area (Å²) in [5.74, 6) is 1.34. The number of benzene rings is 3. The topological polar surface area (TPSA) is 75.0 Å². The normalized spacial score (nSPS) is 20.5. The average molecular weight is 473 g/mol. The first-order chi connectivity index (χ1) is 16.8. The Morgan fingerprint density at radius 1 is 0.943 bits per heavy atom. The van der Waals surface area contributed by atoms with Crippen LogP contribution in [0.3, 0.4) is 0 Å². The molecule has 1 aliphatic carbocycles. The average Bonchev–Trinajstić information content (AvgIpc) is 3.48. The first-order valence-electron chi connectivity index (χ1n) is 11.4. The number of nitrogens with two attached hydrogens (primary N) is 1. The fraction of sp³-hybridized carbons (Fsp3) is 0.179. The molecular weight excluding hydrogens is 451 g/mol. The smallest absolute Gasteiger partial charge is 0.416 e. The van der Waals surface area contributed by atoms with Crippen LogP contribution in [0.15, 0.2) is 83.3 Å². The van der Waals surface area contributed by atoms with Gasteiger partial charge in [-0.15, -0.1) is 0 Å². The van der Waals surface area contributed by atoms with E-state index in [-0.39, 0.29) is 23.7 Å². The highest BCUT2D eigenvalue weighted by molar-refractivity contribution is 5.95. The predicted octanol–water partition coefficient (Wildman–Crippen LogP) is 6.72. The van der Waals surface area contributed by atoms with Crippen molar-refractivity contribution in [3.05, 3.63) is 112 Å². The Hall–Kier alpha value is -4.00. The molecule has 176 valence electrons. The second-order valence-corrected chi connectivity index (χ2v) is 9.16. The van der Waals surface area contributed by atoms with Crippen molar-refractivity contribution in [2.75, 3.05) is 5.32 Å². The molecule has 7 heteroatoms. The summed E-state index contributed by atoms with van der Waals surface area (Å²) in [4.78, 5) is 0. The molecule has 2 heterocycles. The van der Waals surface area contributed by atoms with E-state index in [9.17, 15) is 13.2 Å². The summed E-state index contributed by atoms with van der Waals surface area (Å²) in [6.07, 6.45) is -3.58. The molecule has 0 bridgehead atoms. The van der Waals surface area contributed by atoms with E-state index < -0.39 is 11.7 Å². The fourth-order valence-electron chi connectivity index (χ4n) is 5.53. The number of furan rings is 1. The van der Waals surface area contributed by atoms with Crippen LogP contribution in [0.4, 0.5) is 18.9 Å². The number of fused-ring (bicyclic) bond motifs is 5. The van der Waals surface area contributed by atoms with Gasteiger partial charge in [-0.3, -0.25) is 5.41 Å². The zero-order valence-electron chi connectivity index (χ0n) is 18.6. The van der Waals surface area contributed by atoms with E-state index in [0.29, 0.717) is 22.6 Å². The molecule has 0 spiro atoms. The molecular formula is C28H22F3N3O. The van der Waals surface area contributed by atoms with E-state index in [1.54, 1.807) is 12.1 Å². The van der Waals surface area contributed by atoms with E-state index >= 15 is 0 Å². The van der Waals surface area contributed by atoms with E-state index in [1.807, 2.05) is 36.4 Å². The van der Waals surface area contributed by atoms with Gasteiger partial charge in [-0.05, 0) is 65.6 Å². The third-order valence-corrected chi connectivity index (χ3v) is 7.12. The highest BCUT2D eigenvalue weighted by atomic mass is 19.4. The van der Waals surface area contributed by atoms with Gasteiger partial charge in [-0.25, -0.2) is 0 Å². The van der Waals surface area contributed by atoms with Crippen LogP contribution in [0.25, 0.3) is 11.3 Å². The van der Waals surface area contributed by atoms with Crippen molar-refractivity contribution in [2.24, 2.45) is 11.7 Å². The first-order valence-corrected chi connectivity index (χ1v) is 11.4. The van der Waals surface area contributed by atoms with E-state index in [0.717, 1.165) is 29.8 Å². The third-order valence-electron chi connectivity index (χ3n) is 7.12. The second-order valence-electron chi connectivity index (χ2n) is 9.16. The van der Waals surface area contributed by atoms with E-state index in [1.165, 1.54) is 17.2 Å². The van der Waals surface area contributed by atoms with Crippen LogP contribution in [0.1, 0.15) is 45.5 Å². The third kappa shape index (κ3) is 3.58. The Morgan fingerprint density at radius 3 is 2.57 bits per heavy atom. The van der Waals surface area contributed by atoms with Crippen LogP contribution in [0, 0.1) is 11.3 Å². The molecule has 35 heavy (non-hydrogen) atoms. The number of amidine groups is 1. The molecule has 0 radical (unpaired) electrons. The molecule has 3 atom stereocenters. The van der Waals surface area contributed by atoms with Crippen molar-refractivity contribution in [3.63, 3.8) is 0 Å².